The van der Waals surface area contributed by atoms with Crippen LogP contribution in [0.1, 0.15) is 28.3 Å². The van der Waals surface area contributed by atoms with Crippen molar-refractivity contribution in [3.05, 3.63) is 166 Å². The molecule has 0 aliphatic carbocycles. The Morgan fingerprint density at radius 2 is 0.717 bits per heavy atom. The Balaban J connectivity index is 1.47. The van der Waals surface area contributed by atoms with Gasteiger partial charge in [0, 0.05) is 49.9 Å². The van der Waals surface area contributed by atoms with E-state index in [1.54, 1.807) is 30.4 Å². The first-order chi connectivity index (χ1) is 28.8. The fourth-order valence-electron chi connectivity index (χ4n) is 7.49. The summed E-state index contributed by atoms with van der Waals surface area (Å²) in [5, 5.41) is 0. The van der Waals surface area contributed by atoms with E-state index in [1.165, 1.54) is 36.4 Å². The first-order valence-corrected chi connectivity index (χ1v) is 22.5. The average Bonchev–Trinajstić information content (AvgIpc) is 4.05. The van der Waals surface area contributed by atoms with Crippen molar-refractivity contribution >= 4 is 54.4 Å². The molecule has 60 heavy (non-hydrogen) atoms. The van der Waals surface area contributed by atoms with Gasteiger partial charge in [-0.2, -0.15) is 0 Å². The molecule has 0 unspecified atom stereocenters. The van der Waals surface area contributed by atoms with E-state index in [1.807, 2.05) is 24.3 Å². The maximum atomic E-state index is 15.9. The molecule has 2 aliphatic rings. The minimum absolute atomic E-state index is 0.0474. The number of aromatic nitrogens is 4. The molecule has 8 bridgehead atoms. The summed E-state index contributed by atoms with van der Waals surface area (Å²) in [6.07, 6.45) is 6.35. The van der Waals surface area contributed by atoms with E-state index in [2.05, 4.69) is 41.1 Å². The first kappa shape index (κ1) is 38.4. The minimum Gasteiger partial charge on any atom is -0.354 e. The van der Waals surface area contributed by atoms with Gasteiger partial charge in [0.05, 0.1) is 39.5 Å². The van der Waals surface area contributed by atoms with Crippen LogP contribution < -0.4 is 0 Å². The first-order valence-electron chi connectivity index (χ1n) is 19.0. The van der Waals surface area contributed by atoms with Crippen LogP contribution in [0.2, 0.25) is 19.6 Å². The van der Waals surface area contributed by atoms with Crippen molar-refractivity contribution in [1.82, 2.24) is 19.9 Å². The molecule has 5 heterocycles. The molecule has 0 radical (unpaired) electrons. The van der Waals surface area contributed by atoms with E-state index in [0.29, 0.717) is 22.3 Å². The zero-order valence-electron chi connectivity index (χ0n) is 32.3. The summed E-state index contributed by atoms with van der Waals surface area (Å²) < 4.78 is 95.0. The predicted molar refractivity (Wildman–Crippen MR) is 231 cm³/mol. The molecule has 0 spiro atoms. The highest BCUT2D eigenvalue weighted by Gasteiger charge is 2.25. The SMILES string of the molecule is C[Si](C)(C)C#Cc1ccc(-c2c3nc(c(-c4c(F)cccc4F)c4ccc([nH]4)c(-c4c(F)cccc4F)c4nc(c(-c5c(F)cccc5F)c5ccc2[nH]5)C=C4)C=C3)cc1. The molecule has 0 atom stereocenters. The second-order valence-corrected chi connectivity index (χ2v) is 20.1. The van der Waals surface area contributed by atoms with Crippen LogP contribution in [0.15, 0.2) is 103 Å². The van der Waals surface area contributed by atoms with Crippen molar-refractivity contribution in [2.75, 3.05) is 0 Å². The molecule has 0 fully saturated rings. The third kappa shape index (κ3) is 6.94. The number of hydrogen-bond acceptors (Lipinski definition) is 2. The second kappa shape index (κ2) is 14.9. The molecule has 11 heteroatoms. The smallest absolute Gasteiger partial charge is 0.134 e. The summed E-state index contributed by atoms with van der Waals surface area (Å²) in [6, 6.07) is 24.5. The Labute approximate surface area is 341 Å². The highest BCUT2D eigenvalue weighted by molar-refractivity contribution is 6.83. The monoisotopic (exact) mass is 818 g/mol. The highest BCUT2D eigenvalue weighted by Crippen LogP contribution is 2.41. The molecule has 4 aromatic carbocycles. The van der Waals surface area contributed by atoms with Crippen molar-refractivity contribution in [2.24, 2.45) is 0 Å². The van der Waals surface area contributed by atoms with Gasteiger partial charge in [0.2, 0.25) is 0 Å². The van der Waals surface area contributed by atoms with Crippen LogP contribution in [-0.2, 0) is 0 Å². The van der Waals surface area contributed by atoms with E-state index in [9.17, 15) is 0 Å². The lowest BCUT2D eigenvalue weighted by Crippen LogP contribution is -2.16. The van der Waals surface area contributed by atoms with Gasteiger partial charge in [-0.3, -0.25) is 0 Å². The highest BCUT2D eigenvalue weighted by atomic mass is 28.3. The predicted octanol–water partition coefficient (Wildman–Crippen LogP) is 13.4. The quantitative estimate of drug-likeness (QED) is 0.106. The maximum Gasteiger partial charge on any atom is 0.134 e. The van der Waals surface area contributed by atoms with Crippen molar-refractivity contribution in [3.8, 4) is 56.0 Å². The van der Waals surface area contributed by atoms with Gasteiger partial charge >= 0.3 is 0 Å². The molecular weight excluding hydrogens is 787 g/mol. The zero-order chi connectivity index (χ0) is 41.9. The van der Waals surface area contributed by atoms with Gasteiger partial charge in [0.25, 0.3) is 0 Å². The number of benzene rings is 4. The van der Waals surface area contributed by atoms with Crippen LogP contribution >= 0.6 is 0 Å². The summed E-state index contributed by atoms with van der Waals surface area (Å²) in [7, 11) is -1.68. The Morgan fingerprint density at radius 1 is 0.400 bits per heavy atom. The maximum absolute atomic E-state index is 15.9. The van der Waals surface area contributed by atoms with Crippen LogP contribution in [0, 0.1) is 46.4 Å². The van der Waals surface area contributed by atoms with Gasteiger partial charge in [-0.1, -0.05) is 55.9 Å². The molecule has 294 valence electrons. The number of hydrogen-bond donors (Lipinski definition) is 2. The van der Waals surface area contributed by atoms with Crippen LogP contribution in [-0.4, -0.2) is 28.0 Å². The molecule has 3 aromatic heterocycles. The van der Waals surface area contributed by atoms with Crippen LogP contribution in [0.5, 0.6) is 0 Å². The van der Waals surface area contributed by atoms with E-state index in [-0.39, 0.29) is 61.4 Å². The fraction of sp³-hybridized carbons (Fsp3) is 0.0612. The Bertz CT molecular complexity index is 3110. The lowest BCUT2D eigenvalue weighted by atomic mass is 10.0. The number of nitrogens with one attached hydrogen (secondary N) is 2. The number of halogens is 6. The summed E-state index contributed by atoms with van der Waals surface area (Å²) in [5.41, 5.74) is 6.13. The summed E-state index contributed by atoms with van der Waals surface area (Å²) in [5.74, 6) is -1.99. The summed E-state index contributed by atoms with van der Waals surface area (Å²) in [6.45, 7) is 6.46. The molecule has 0 amide bonds. The summed E-state index contributed by atoms with van der Waals surface area (Å²) >= 11 is 0. The number of fused-ring (bicyclic) bond motifs is 8. The molecule has 9 rings (SSSR count). The number of H-pyrrole nitrogens is 2. The van der Waals surface area contributed by atoms with Gasteiger partial charge in [0.15, 0.2) is 0 Å². The van der Waals surface area contributed by atoms with Gasteiger partial charge in [-0.05, 0) is 103 Å². The van der Waals surface area contributed by atoms with Gasteiger partial charge in [-0.25, -0.2) is 36.3 Å². The molecule has 0 saturated carbocycles. The van der Waals surface area contributed by atoms with Crippen molar-refractivity contribution in [2.45, 2.75) is 19.6 Å². The van der Waals surface area contributed by atoms with E-state index in [0.717, 1.165) is 42.0 Å². The lowest BCUT2D eigenvalue weighted by Gasteiger charge is -2.09. The fourth-order valence-corrected chi connectivity index (χ4v) is 8.01. The van der Waals surface area contributed by atoms with Crippen LogP contribution in [0.3, 0.4) is 0 Å². The lowest BCUT2D eigenvalue weighted by molar-refractivity contribution is 0.589. The van der Waals surface area contributed by atoms with Crippen molar-refractivity contribution in [1.29, 1.82) is 0 Å². The molecular formula is C49H32F6N4Si. The molecule has 2 N–H and O–H groups in total. The minimum atomic E-state index is -1.68. The number of nitrogens with zero attached hydrogens (tertiary/aromatic N) is 2. The standard InChI is InChI=1S/C49H32F6N4Si/c1-60(2,3)26-25-27-13-15-28(16-14-27)43-35-17-19-37(56-35)47(44-29(50)7-4-8-30(44)51)39-21-23-41(58-39)49(46-33(54)11-6-12-34(46)55)42-24-22-40(59-42)48(38-20-18-36(43)57-38)45-31(52)9-5-10-32(45)53/h4-24,56,59H,1-3H3. The number of aromatic amines is 2. The van der Waals surface area contributed by atoms with Crippen LogP contribution in [0.25, 0.3) is 90.9 Å². The Morgan fingerprint density at radius 3 is 1.05 bits per heavy atom. The molecule has 7 aromatic rings. The Hall–Kier alpha value is -7.16. The van der Waals surface area contributed by atoms with E-state index < -0.39 is 48.5 Å². The van der Waals surface area contributed by atoms with Crippen molar-refractivity contribution in [3.63, 3.8) is 0 Å². The van der Waals surface area contributed by atoms with Gasteiger partial charge in [0.1, 0.15) is 43.0 Å². The van der Waals surface area contributed by atoms with Gasteiger partial charge in [-0.15, -0.1) is 5.54 Å². The van der Waals surface area contributed by atoms with Crippen molar-refractivity contribution < 1.29 is 26.3 Å². The van der Waals surface area contributed by atoms with E-state index >= 15 is 26.3 Å². The molecule has 0 saturated heterocycles. The van der Waals surface area contributed by atoms with E-state index in [4.69, 9.17) is 9.97 Å². The second-order valence-electron chi connectivity index (χ2n) is 15.4. The number of rotatable bonds is 4. The van der Waals surface area contributed by atoms with Crippen LogP contribution in [0.4, 0.5) is 26.3 Å². The molecule has 4 nitrogen and oxygen atoms in total. The Kier molecular flexibility index (Phi) is 9.52. The summed E-state index contributed by atoms with van der Waals surface area (Å²) in [4.78, 5) is 16.3. The normalized spacial score (nSPS) is 12.2. The molecule has 2 aliphatic heterocycles. The van der Waals surface area contributed by atoms with Gasteiger partial charge < -0.3 is 9.97 Å². The third-order valence-corrected chi connectivity index (χ3v) is 11.0. The third-order valence-electron chi connectivity index (χ3n) is 10.1. The zero-order valence-corrected chi connectivity index (χ0v) is 33.3. The average molecular weight is 819 g/mol. The largest absolute Gasteiger partial charge is 0.354 e. The topological polar surface area (TPSA) is 57.4 Å².